The minimum atomic E-state index is -1.12. The van der Waals surface area contributed by atoms with Crippen LogP contribution in [-0.2, 0) is 4.74 Å². The molecule has 1 atom stereocenters. The van der Waals surface area contributed by atoms with Crippen molar-refractivity contribution in [1.82, 2.24) is 0 Å². The number of Topliss-reactive ketones (excluding diaryl/α,β-unsaturated/α-hetero) is 1. The van der Waals surface area contributed by atoms with Crippen molar-refractivity contribution in [3.05, 3.63) is 29.8 Å². The summed E-state index contributed by atoms with van der Waals surface area (Å²) >= 11 is 0. The number of hydrogen-bond donors (Lipinski definition) is 3. The van der Waals surface area contributed by atoms with E-state index in [2.05, 4.69) is 0 Å². The van der Waals surface area contributed by atoms with Gasteiger partial charge in [-0.05, 0) is 24.3 Å². The summed E-state index contributed by atoms with van der Waals surface area (Å²) in [6.07, 6.45) is -1.12. The van der Waals surface area contributed by atoms with E-state index >= 15 is 0 Å². The van der Waals surface area contributed by atoms with E-state index in [1.807, 2.05) is 0 Å². The molecule has 7 nitrogen and oxygen atoms in total. The molecule has 0 aliphatic heterocycles. The molecule has 0 saturated carbocycles. The Balaban J connectivity index is 2.65. The van der Waals surface area contributed by atoms with Crippen molar-refractivity contribution in [1.29, 1.82) is 0 Å². The first-order chi connectivity index (χ1) is 11.6. The van der Waals surface area contributed by atoms with Crippen LogP contribution in [-0.4, -0.2) is 61.2 Å². The van der Waals surface area contributed by atoms with Crippen molar-refractivity contribution >= 4 is 16.6 Å². The van der Waals surface area contributed by atoms with E-state index in [9.17, 15) is 15.0 Å². The number of hydrogen-bond acceptors (Lipinski definition) is 7. The molecule has 0 fully saturated rings. The molecule has 0 radical (unpaired) electrons. The summed E-state index contributed by atoms with van der Waals surface area (Å²) in [5, 5.41) is 29.1. The van der Waals surface area contributed by atoms with Gasteiger partial charge in [0.1, 0.15) is 11.9 Å². The number of ketones is 1. The molecule has 130 valence electrons. The van der Waals surface area contributed by atoms with Crippen molar-refractivity contribution in [2.45, 2.75) is 6.10 Å². The predicted octanol–water partition coefficient (Wildman–Crippen LogP) is 1.12. The Kier molecular flexibility index (Phi) is 5.97. The molecule has 0 aliphatic rings. The van der Waals surface area contributed by atoms with Gasteiger partial charge in [0, 0.05) is 16.3 Å². The second-order valence-electron chi connectivity index (χ2n) is 4.99. The van der Waals surface area contributed by atoms with Gasteiger partial charge in [-0.2, -0.15) is 0 Å². The molecular weight excluding hydrogens is 316 g/mol. The molecule has 0 aromatic heterocycles. The van der Waals surface area contributed by atoms with Gasteiger partial charge in [0.2, 0.25) is 0 Å². The summed E-state index contributed by atoms with van der Waals surface area (Å²) < 4.78 is 15.8. The highest BCUT2D eigenvalue weighted by Gasteiger charge is 2.25. The maximum atomic E-state index is 12.7. The number of aliphatic hydroxyl groups excluding tert-OH is 2. The lowest BCUT2D eigenvalue weighted by Crippen LogP contribution is -2.29. The third-order valence-corrected chi connectivity index (χ3v) is 3.63. The fraction of sp³-hybridized carbons (Fsp3) is 0.353. The quantitative estimate of drug-likeness (QED) is 0.620. The normalized spacial score (nSPS) is 12.2. The van der Waals surface area contributed by atoms with E-state index in [-0.39, 0.29) is 24.5 Å². The zero-order valence-corrected chi connectivity index (χ0v) is 13.5. The van der Waals surface area contributed by atoms with Gasteiger partial charge in [-0.15, -0.1) is 0 Å². The van der Waals surface area contributed by atoms with Crippen LogP contribution in [0.15, 0.2) is 24.3 Å². The molecule has 3 N–H and O–H groups in total. The number of carbonyl (C=O) groups is 1. The summed E-state index contributed by atoms with van der Waals surface area (Å²) in [5.74, 6) is 0.205. The molecule has 0 heterocycles. The van der Waals surface area contributed by atoms with Gasteiger partial charge in [0.25, 0.3) is 0 Å². The molecule has 2 aromatic rings. The van der Waals surface area contributed by atoms with E-state index in [1.165, 1.54) is 26.4 Å². The second-order valence-corrected chi connectivity index (χ2v) is 4.99. The molecule has 1 unspecified atom stereocenters. The first-order valence-corrected chi connectivity index (χ1v) is 7.33. The second kappa shape index (κ2) is 7.96. The number of aliphatic hydroxyl groups is 2. The number of carbonyl (C=O) groups excluding carboxylic acids is 1. The molecule has 7 heteroatoms. The number of ether oxygens (including phenoxy) is 3. The molecule has 0 saturated heterocycles. The zero-order chi connectivity index (χ0) is 17.7. The number of fused-ring (bicyclic) bond motifs is 1. The van der Waals surface area contributed by atoms with E-state index < -0.39 is 18.5 Å². The Morgan fingerprint density at radius 3 is 2.46 bits per heavy atom. The van der Waals surface area contributed by atoms with Crippen LogP contribution in [0.5, 0.6) is 17.2 Å². The summed E-state index contributed by atoms with van der Waals surface area (Å²) in [4.78, 5) is 12.7. The molecule has 0 spiro atoms. The van der Waals surface area contributed by atoms with Crippen LogP contribution in [0.25, 0.3) is 10.8 Å². The smallest absolute Gasteiger partial charge is 0.194 e. The predicted molar refractivity (Wildman–Crippen MR) is 87.0 cm³/mol. The van der Waals surface area contributed by atoms with E-state index in [0.717, 1.165) is 0 Å². The monoisotopic (exact) mass is 336 g/mol. The molecular formula is C17H20O7. The van der Waals surface area contributed by atoms with Gasteiger partial charge >= 0.3 is 0 Å². The van der Waals surface area contributed by atoms with Gasteiger partial charge in [-0.1, -0.05) is 0 Å². The minimum Gasteiger partial charge on any atom is -0.507 e. The Labute approximate surface area is 139 Å². The highest BCUT2D eigenvalue weighted by molar-refractivity contribution is 6.14. The first kappa shape index (κ1) is 18.0. The summed E-state index contributed by atoms with van der Waals surface area (Å²) in [6.45, 7) is -0.877. The molecule has 0 amide bonds. The van der Waals surface area contributed by atoms with Crippen LogP contribution in [0.4, 0.5) is 0 Å². The maximum absolute atomic E-state index is 12.7. The number of rotatable bonds is 8. The highest BCUT2D eigenvalue weighted by atomic mass is 16.5. The van der Waals surface area contributed by atoms with Gasteiger partial charge < -0.3 is 29.5 Å². The number of aromatic hydroxyl groups is 1. The van der Waals surface area contributed by atoms with Crippen molar-refractivity contribution in [3.8, 4) is 17.2 Å². The lowest BCUT2D eigenvalue weighted by Gasteiger charge is -2.18. The average molecular weight is 336 g/mol. The van der Waals surface area contributed by atoms with Gasteiger partial charge in [0.15, 0.2) is 17.3 Å². The molecule has 0 aliphatic carbocycles. The van der Waals surface area contributed by atoms with E-state index in [1.54, 1.807) is 12.1 Å². The number of methoxy groups -OCH3 is 2. The molecule has 2 rings (SSSR count). The lowest BCUT2D eigenvalue weighted by atomic mass is 9.97. The van der Waals surface area contributed by atoms with Gasteiger partial charge in [-0.3, -0.25) is 4.79 Å². The highest BCUT2D eigenvalue weighted by Crippen LogP contribution is 2.41. The largest absolute Gasteiger partial charge is 0.507 e. The molecule has 0 bridgehead atoms. The van der Waals surface area contributed by atoms with Crippen molar-refractivity contribution in [2.24, 2.45) is 0 Å². The van der Waals surface area contributed by atoms with Gasteiger partial charge in [0.05, 0.1) is 34.0 Å². The Bertz CT molecular complexity index is 726. The van der Waals surface area contributed by atoms with Crippen LogP contribution in [0, 0.1) is 0 Å². The standard InChI is InChI=1S/C17H20O7/c1-22-13-6-4-10-12(20)5-3-11(15(10)17(13)23-2)16(21)14(9-19)24-8-7-18/h3-6,14,18-20H,7-9H2,1-2H3. The minimum absolute atomic E-state index is 0.0145. The third-order valence-electron chi connectivity index (χ3n) is 3.63. The van der Waals surface area contributed by atoms with Crippen LogP contribution in [0.2, 0.25) is 0 Å². The maximum Gasteiger partial charge on any atom is 0.194 e. The number of phenolic OH excluding ortho intramolecular Hbond substituents is 1. The summed E-state index contributed by atoms with van der Waals surface area (Å²) in [7, 11) is 2.90. The average Bonchev–Trinajstić information content (AvgIpc) is 2.61. The topological polar surface area (TPSA) is 105 Å². The van der Waals surface area contributed by atoms with E-state index in [4.69, 9.17) is 19.3 Å². The molecule has 24 heavy (non-hydrogen) atoms. The summed E-state index contributed by atoms with van der Waals surface area (Å²) in [6, 6.07) is 6.07. The number of phenols is 1. The Morgan fingerprint density at radius 2 is 1.88 bits per heavy atom. The lowest BCUT2D eigenvalue weighted by molar-refractivity contribution is 0.00434. The van der Waals surface area contributed by atoms with Crippen LogP contribution in [0.1, 0.15) is 10.4 Å². The number of benzene rings is 2. The third kappa shape index (κ3) is 3.28. The fourth-order valence-electron chi connectivity index (χ4n) is 2.53. The van der Waals surface area contributed by atoms with Crippen molar-refractivity contribution in [3.63, 3.8) is 0 Å². The zero-order valence-electron chi connectivity index (χ0n) is 13.5. The van der Waals surface area contributed by atoms with Crippen LogP contribution >= 0.6 is 0 Å². The first-order valence-electron chi connectivity index (χ1n) is 7.33. The van der Waals surface area contributed by atoms with Crippen molar-refractivity contribution < 1.29 is 34.3 Å². The summed E-state index contributed by atoms with van der Waals surface area (Å²) in [5.41, 5.74) is 0.218. The van der Waals surface area contributed by atoms with E-state index in [0.29, 0.717) is 22.3 Å². The Morgan fingerprint density at radius 1 is 1.12 bits per heavy atom. The van der Waals surface area contributed by atoms with Crippen LogP contribution in [0.3, 0.4) is 0 Å². The van der Waals surface area contributed by atoms with Crippen LogP contribution < -0.4 is 9.47 Å². The fourth-order valence-corrected chi connectivity index (χ4v) is 2.53. The SMILES string of the molecule is COc1ccc2c(O)ccc(C(=O)C(CO)OCCO)c2c1OC. The van der Waals surface area contributed by atoms with Gasteiger partial charge in [-0.25, -0.2) is 0 Å². The molecule has 2 aromatic carbocycles. The Hall–Kier alpha value is -2.35. The van der Waals surface area contributed by atoms with Crippen molar-refractivity contribution in [2.75, 3.05) is 34.0 Å².